The molecule has 0 saturated carbocycles. The summed E-state index contributed by atoms with van der Waals surface area (Å²) >= 11 is 0. The normalized spacial score (nSPS) is 10.9. The Kier molecular flexibility index (Phi) is 6.20. The molecule has 23 heavy (non-hydrogen) atoms. The van der Waals surface area contributed by atoms with Gasteiger partial charge in [-0.25, -0.2) is 19.7 Å². The van der Waals surface area contributed by atoms with Crippen molar-refractivity contribution in [2.24, 2.45) is 0 Å². The minimum Gasteiger partial charge on any atom is -0.480 e. The number of hydrogen-bond acceptors (Lipinski definition) is 6. The fourth-order valence-electron chi connectivity index (χ4n) is 1.65. The van der Waals surface area contributed by atoms with Crippen LogP contribution < -0.4 is 5.32 Å². The van der Waals surface area contributed by atoms with Gasteiger partial charge in [0, 0.05) is 21.1 Å². The second kappa shape index (κ2) is 7.50. The fraction of sp³-hybridized carbons (Fsp3) is 0.385. The van der Waals surface area contributed by atoms with Gasteiger partial charge in [-0.3, -0.25) is 16.5 Å². The summed E-state index contributed by atoms with van der Waals surface area (Å²) in [5.41, 5.74) is -0.119. The van der Waals surface area contributed by atoms with E-state index < -0.39 is 17.7 Å². The van der Waals surface area contributed by atoms with Gasteiger partial charge in [0.15, 0.2) is 17.0 Å². The molecule has 2 aromatic rings. The standard InChI is InChI=1S/C13H16N5O4.W/c1-4-13(2,3)22-12(21)17-10-9-11(15-6-14-10)18(7-16-9)5-8(19)20;/h4,6-7H,5H2,1-3H3,(H,19,20)(H,14,15,17,21);/q-1;. The number of hydrogen-bond donors (Lipinski definition) is 2. The van der Waals surface area contributed by atoms with Crippen molar-refractivity contribution < 1.29 is 40.5 Å². The van der Waals surface area contributed by atoms with Gasteiger partial charge in [0.2, 0.25) is 0 Å². The topological polar surface area (TPSA) is 119 Å². The van der Waals surface area contributed by atoms with E-state index >= 15 is 0 Å². The molecular weight excluding hydrogens is 474 g/mol. The molecule has 1 amide bonds. The number of rotatable bonds is 5. The molecule has 2 N–H and O–H groups in total. The third kappa shape index (κ3) is 4.72. The largest absolute Gasteiger partial charge is 0.480 e. The summed E-state index contributed by atoms with van der Waals surface area (Å²) in [7, 11) is 0. The van der Waals surface area contributed by atoms with Gasteiger partial charge in [-0.2, -0.15) is 6.92 Å². The van der Waals surface area contributed by atoms with E-state index in [1.165, 1.54) is 17.2 Å². The summed E-state index contributed by atoms with van der Waals surface area (Å²) in [5.74, 6) is -0.863. The first-order valence-electron chi connectivity index (χ1n) is 6.50. The molecule has 0 bridgehead atoms. The van der Waals surface area contributed by atoms with Crippen LogP contribution in [0.15, 0.2) is 12.7 Å². The average molecular weight is 490 g/mol. The van der Waals surface area contributed by atoms with Gasteiger partial charge in [-0.1, -0.05) is 13.8 Å². The first-order chi connectivity index (χ1) is 10.3. The van der Waals surface area contributed by atoms with E-state index in [9.17, 15) is 9.59 Å². The zero-order valence-corrected chi connectivity index (χ0v) is 15.7. The zero-order valence-electron chi connectivity index (χ0n) is 12.8. The molecule has 9 nitrogen and oxygen atoms in total. The van der Waals surface area contributed by atoms with Gasteiger partial charge < -0.3 is 14.4 Å². The molecule has 0 atom stereocenters. The number of carbonyl (C=O) groups is 2. The monoisotopic (exact) mass is 490 g/mol. The molecule has 0 fully saturated rings. The van der Waals surface area contributed by atoms with Crippen LogP contribution in [0.1, 0.15) is 20.8 Å². The van der Waals surface area contributed by atoms with Gasteiger partial charge >= 0.3 is 12.1 Å². The van der Waals surface area contributed by atoms with Crippen LogP contribution >= 0.6 is 0 Å². The quantitative estimate of drug-likeness (QED) is 0.610. The SMILES string of the molecule is C[CH-]C(C)(C)OC(=O)Nc1ncnc2c1ncn2CC(=O)O.[W]. The van der Waals surface area contributed by atoms with Crippen LogP contribution in [0.3, 0.4) is 0 Å². The molecule has 2 rings (SSSR count). The Bertz CT molecular complexity index is 715. The van der Waals surface area contributed by atoms with E-state index in [4.69, 9.17) is 9.84 Å². The number of nitrogens with zero attached hydrogens (tertiary/aromatic N) is 4. The molecule has 0 spiro atoms. The van der Waals surface area contributed by atoms with Crippen LogP contribution in [-0.4, -0.2) is 42.3 Å². The first-order valence-corrected chi connectivity index (χ1v) is 6.50. The number of anilines is 1. The second-order valence-corrected chi connectivity index (χ2v) is 5.07. The Morgan fingerprint density at radius 2 is 2.09 bits per heavy atom. The van der Waals surface area contributed by atoms with Crippen molar-refractivity contribution >= 4 is 29.0 Å². The maximum absolute atomic E-state index is 11.9. The number of aromatic nitrogens is 4. The number of imidazole rings is 1. The molecule has 124 valence electrons. The van der Waals surface area contributed by atoms with Crippen molar-refractivity contribution in [1.29, 1.82) is 0 Å². The maximum Gasteiger partial charge on any atom is 0.410 e. The number of carbonyl (C=O) groups excluding carboxylic acids is 1. The smallest absolute Gasteiger partial charge is 0.410 e. The summed E-state index contributed by atoms with van der Waals surface area (Å²) in [6.07, 6.45) is 3.60. The van der Waals surface area contributed by atoms with E-state index in [-0.39, 0.29) is 33.4 Å². The molecule has 0 aliphatic carbocycles. The summed E-state index contributed by atoms with van der Waals surface area (Å²) in [5, 5.41) is 11.3. The third-order valence-corrected chi connectivity index (χ3v) is 2.98. The van der Waals surface area contributed by atoms with Crippen molar-refractivity contribution in [2.45, 2.75) is 32.9 Å². The van der Waals surface area contributed by atoms with Crippen LogP contribution in [-0.2, 0) is 37.1 Å². The summed E-state index contributed by atoms with van der Waals surface area (Å²) in [4.78, 5) is 34.6. The van der Waals surface area contributed by atoms with E-state index in [1.807, 2.05) is 0 Å². The minimum atomic E-state index is -1.02. The predicted molar refractivity (Wildman–Crippen MR) is 77.1 cm³/mol. The van der Waals surface area contributed by atoms with Crippen LogP contribution in [0.5, 0.6) is 0 Å². The fourth-order valence-corrected chi connectivity index (χ4v) is 1.65. The summed E-state index contributed by atoms with van der Waals surface area (Å²) in [6, 6.07) is 0. The molecule has 0 aliphatic heterocycles. The van der Waals surface area contributed by atoms with E-state index in [0.717, 1.165) is 0 Å². The Labute approximate surface area is 146 Å². The van der Waals surface area contributed by atoms with Crippen molar-refractivity contribution in [3.8, 4) is 0 Å². The Morgan fingerprint density at radius 3 is 2.70 bits per heavy atom. The molecule has 0 unspecified atom stereocenters. The predicted octanol–water partition coefficient (Wildman–Crippen LogP) is 1.46. The number of fused-ring (bicyclic) bond motifs is 1. The number of nitrogens with one attached hydrogen (secondary N) is 1. The second-order valence-electron chi connectivity index (χ2n) is 5.07. The van der Waals surface area contributed by atoms with Gasteiger partial charge in [-0.15, -0.1) is 0 Å². The number of aliphatic carboxylic acids is 1. The average Bonchev–Trinajstić information content (AvgIpc) is 2.82. The van der Waals surface area contributed by atoms with Gasteiger partial charge in [-0.05, 0) is 5.60 Å². The van der Waals surface area contributed by atoms with Gasteiger partial charge in [0.1, 0.15) is 12.9 Å². The van der Waals surface area contributed by atoms with Crippen LogP contribution in [0.25, 0.3) is 11.2 Å². The Hall–Kier alpha value is -2.02. The molecule has 2 heterocycles. The molecule has 10 heteroatoms. The van der Waals surface area contributed by atoms with Gasteiger partial charge in [0.05, 0.1) is 6.33 Å². The molecular formula is C13H16N5O4W-. The zero-order chi connectivity index (χ0) is 16.3. The number of carboxylic acid groups (broad SMARTS) is 1. The molecule has 0 saturated heterocycles. The Morgan fingerprint density at radius 1 is 1.39 bits per heavy atom. The maximum atomic E-state index is 11.9. The summed E-state index contributed by atoms with van der Waals surface area (Å²) in [6.45, 7) is 4.98. The first kappa shape index (κ1) is 19.0. The van der Waals surface area contributed by atoms with Crippen molar-refractivity contribution in [3.05, 3.63) is 19.1 Å². The van der Waals surface area contributed by atoms with E-state index in [0.29, 0.717) is 11.2 Å². The van der Waals surface area contributed by atoms with E-state index in [2.05, 4.69) is 20.3 Å². The number of ether oxygens (including phenoxy) is 1. The van der Waals surface area contributed by atoms with E-state index in [1.54, 1.807) is 27.2 Å². The third-order valence-electron chi connectivity index (χ3n) is 2.98. The van der Waals surface area contributed by atoms with Gasteiger partial charge in [0.25, 0.3) is 0 Å². The molecule has 0 aliphatic rings. The molecule has 2 aromatic heterocycles. The summed E-state index contributed by atoms with van der Waals surface area (Å²) < 4.78 is 6.56. The Balaban J connectivity index is 0.00000264. The van der Waals surface area contributed by atoms with Crippen LogP contribution in [0, 0.1) is 6.42 Å². The van der Waals surface area contributed by atoms with Crippen LogP contribution in [0.2, 0.25) is 0 Å². The van der Waals surface area contributed by atoms with Crippen molar-refractivity contribution in [3.63, 3.8) is 0 Å². The number of carboxylic acids is 1. The minimum absolute atomic E-state index is 0. The molecule has 0 aromatic carbocycles. The van der Waals surface area contributed by atoms with Crippen LogP contribution in [0.4, 0.5) is 10.6 Å². The molecule has 0 radical (unpaired) electrons. The van der Waals surface area contributed by atoms with Crippen molar-refractivity contribution in [1.82, 2.24) is 19.5 Å². The number of amides is 1. The van der Waals surface area contributed by atoms with Crippen molar-refractivity contribution in [2.75, 3.05) is 5.32 Å².